The van der Waals surface area contributed by atoms with Crippen LogP contribution in [0.3, 0.4) is 0 Å². The van der Waals surface area contributed by atoms with Crippen molar-refractivity contribution in [3.05, 3.63) is 106 Å². The summed E-state index contributed by atoms with van der Waals surface area (Å²) in [6, 6.07) is 26.0. The number of hydrogen-bond acceptors (Lipinski definition) is 3. The SMILES string of the molecule is Cc1ccccc1/C(=C\S)c1ccc(OCCCNC2CCc3ccccc32)cc1. The van der Waals surface area contributed by atoms with Crippen molar-refractivity contribution in [1.82, 2.24) is 5.32 Å². The molecule has 30 heavy (non-hydrogen) atoms. The van der Waals surface area contributed by atoms with Gasteiger partial charge in [-0.05, 0) is 83.7 Å². The van der Waals surface area contributed by atoms with E-state index in [2.05, 4.69) is 85.5 Å². The van der Waals surface area contributed by atoms with E-state index in [1.54, 1.807) is 0 Å². The standard InChI is InChI=1S/C27H29NOS/c1-20-7-2-4-9-24(20)26(19-30)22-11-14-23(15-12-22)29-18-6-17-28-27-16-13-21-8-3-5-10-25(21)27/h2-5,7-12,14-15,19,27-28,30H,6,13,16-18H2,1H3/b26-19-. The predicted molar refractivity (Wildman–Crippen MR) is 129 cm³/mol. The van der Waals surface area contributed by atoms with Gasteiger partial charge in [0.25, 0.3) is 0 Å². The summed E-state index contributed by atoms with van der Waals surface area (Å²) in [6.07, 6.45) is 3.37. The van der Waals surface area contributed by atoms with E-state index >= 15 is 0 Å². The monoisotopic (exact) mass is 415 g/mol. The predicted octanol–water partition coefficient (Wildman–Crippen LogP) is 6.36. The molecule has 0 aliphatic heterocycles. The summed E-state index contributed by atoms with van der Waals surface area (Å²) in [4.78, 5) is 0. The molecule has 154 valence electrons. The molecule has 3 aromatic rings. The van der Waals surface area contributed by atoms with Crippen molar-refractivity contribution in [1.29, 1.82) is 0 Å². The first kappa shape index (κ1) is 20.8. The lowest BCUT2D eigenvalue weighted by Crippen LogP contribution is -2.21. The topological polar surface area (TPSA) is 21.3 Å². The Balaban J connectivity index is 1.26. The minimum absolute atomic E-state index is 0.494. The molecule has 1 aliphatic rings. The van der Waals surface area contributed by atoms with Crippen molar-refractivity contribution in [2.75, 3.05) is 13.2 Å². The molecule has 0 spiro atoms. The van der Waals surface area contributed by atoms with Gasteiger partial charge in [-0.25, -0.2) is 0 Å². The fourth-order valence-electron chi connectivity index (χ4n) is 4.21. The van der Waals surface area contributed by atoms with Crippen LogP contribution >= 0.6 is 12.6 Å². The van der Waals surface area contributed by atoms with Crippen LogP contribution in [0.25, 0.3) is 5.57 Å². The van der Waals surface area contributed by atoms with E-state index in [1.165, 1.54) is 35.1 Å². The van der Waals surface area contributed by atoms with Gasteiger partial charge in [0.05, 0.1) is 6.61 Å². The molecular formula is C27H29NOS. The first-order valence-electron chi connectivity index (χ1n) is 10.7. The van der Waals surface area contributed by atoms with Crippen LogP contribution < -0.4 is 10.1 Å². The van der Waals surface area contributed by atoms with Gasteiger partial charge in [0.1, 0.15) is 5.75 Å². The number of fused-ring (bicyclic) bond motifs is 1. The zero-order valence-electron chi connectivity index (χ0n) is 17.5. The lowest BCUT2D eigenvalue weighted by atomic mass is 9.96. The highest BCUT2D eigenvalue weighted by Gasteiger charge is 2.20. The van der Waals surface area contributed by atoms with Gasteiger partial charge < -0.3 is 10.1 Å². The Labute approximate surface area is 185 Å². The number of aryl methyl sites for hydroxylation is 2. The number of benzene rings is 3. The third kappa shape index (κ3) is 4.80. The second kappa shape index (κ2) is 10.0. The summed E-state index contributed by atoms with van der Waals surface area (Å²) in [5.74, 6) is 0.910. The fraction of sp³-hybridized carbons (Fsp3) is 0.259. The van der Waals surface area contributed by atoms with Crippen molar-refractivity contribution in [3.8, 4) is 5.75 Å². The highest BCUT2D eigenvalue weighted by Crippen LogP contribution is 2.31. The zero-order chi connectivity index (χ0) is 20.8. The second-order valence-electron chi connectivity index (χ2n) is 7.83. The molecular weight excluding hydrogens is 386 g/mol. The minimum Gasteiger partial charge on any atom is -0.494 e. The van der Waals surface area contributed by atoms with E-state index in [0.29, 0.717) is 12.6 Å². The van der Waals surface area contributed by atoms with Crippen molar-refractivity contribution < 1.29 is 4.74 Å². The molecule has 0 aromatic heterocycles. The van der Waals surface area contributed by atoms with Crippen molar-refractivity contribution in [2.24, 2.45) is 0 Å². The molecule has 1 aliphatic carbocycles. The lowest BCUT2D eigenvalue weighted by molar-refractivity contribution is 0.304. The molecule has 0 saturated heterocycles. The molecule has 4 rings (SSSR count). The zero-order valence-corrected chi connectivity index (χ0v) is 18.4. The Bertz CT molecular complexity index is 1010. The molecule has 0 amide bonds. The number of thiol groups is 1. The van der Waals surface area contributed by atoms with E-state index in [1.807, 2.05) is 17.5 Å². The number of ether oxygens (including phenoxy) is 1. The summed E-state index contributed by atoms with van der Waals surface area (Å²) in [5, 5.41) is 5.56. The third-order valence-corrected chi connectivity index (χ3v) is 6.10. The number of hydrogen-bond donors (Lipinski definition) is 2. The molecule has 0 fully saturated rings. The Hall–Kier alpha value is -2.49. The van der Waals surface area contributed by atoms with E-state index in [4.69, 9.17) is 4.74 Å². The lowest BCUT2D eigenvalue weighted by Gasteiger charge is -2.14. The average molecular weight is 416 g/mol. The highest BCUT2D eigenvalue weighted by molar-refractivity contribution is 7.83. The van der Waals surface area contributed by atoms with E-state index < -0.39 is 0 Å². The van der Waals surface area contributed by atoms with E-state index in [-0.39, 0.29) is 0 Å². The summed E-state index contributed by atoms with van der Waals surface area (Å²) in [6.45, 7) is 3.81. The first-order chi connectivity index (χ1) is 14.8. The van der Waals surface area contributed by atoms with Crippen molar-refractivity contribution >= 4 is 18.2 Å². The van der Waals surface area contributed by atoms with Gasteiger partial charge in [0.2, 0.25) is 0 Å². The Morgan fingerprint density at radius 2 is 1.80 bits per heavy atom. The van der Waals surface area contributed by atoms with Crippen LogP contribution in [0.2, 0.25) is 0 Å². The molecule has 0 heterocycles. The Morgan fingerprint density at radius 3 is 2.60 bits per heavy atom. The molecule has 2 nitrogen and oxygen atoms in total. The second-order valence-corrected chi connectivity index (χ2v) is 8.09. The van der Waals surface area contributed by atoms with Gasteiger partial charge in [0, 0.05) is 6.04 Å². The first-order valence-corrected chi connectivity index (χ1v) is 11.2. The molecule has 1 atom stereocenters. The molecule has 1 N–H and O–H groups in total. The number of nitrogens with one attached hydrogen (secondary N) is 1. The Kier molecular flexibility index (Phi) is 6.93. The van der Waals surface area contributed by atoms with Gasteiger partial charge in [-0.3, -0.25) is 0 Å². The van der Waals surface area contributed by atoms with Gasteiger partial charge in [-0.15, -0.1) is 0 Å². The van der Waals surface area contributed by atoms with Gasteiger partial charge in [-0.1, -0.05) is 60.7 Å². The van der Waals surface area contributed by atoms with Crippen LogP contribution in [-0.4, -0.2) is 13.2 Å². The summed E-state index contributed by atoms with van der Waals surface area (Å²) >= 11 is 4.45. The minimum atomic E-state index is 0.494. The normalized spacial score (nSPS) is 15.8. The average Bonchev–Trinajstić information content (AvgIpc) is 3.19. The van der Waals surface area contributed by atoms with E-state index in [0.717, 1.165) is 29.9 Å². The van der Waals surface area contributed by atoms with Gasteiger partial charge in [-0.2, -0.15) is 12.6 Å². The van der Waals surface area contributed by atoms with Crippen LogP contribution in [0.1, 0.15) is 46.7 Å². The maximum absolute atomic E-state index is 5.96. The fourth-order valence-corrected chi connectivity index (χ4v) is 4.50. The summed E-state index contributed by atoms with van der Waals surface area (Å²) in [5.41, 5.74) is 7.69. The van der Waals surface area contributed by atoms with Crippen LogP contribution in [-0.2, 0) is 6.42 Å². The van der Waals surface area contributed by atoms with Crippen LogP contribution in [0, 0.1) is 6.92 Å². The van der Waals surface area contributed by atoms with Gasteiger partial charge in [0.15, 0.2) is 0 Å². The van der Waals surface area contributed by atoms with Crippen LogP contribution in [0.4, 0.5) is 0 Å². The highest BCUT2D eigenvalue weighted by atomic mass is 32.1. The molecule has 3 heteroatoms. The molecule has 0 saturated carbocycles. The maximum Gasteiger partial charge on any atom is 0.119 e. The summed E-state index contributed by atoms with van der Waals surface area (Å²) < 4.78 is 5.96. The molecule has 0 radical (unpaired) electrons. The molecule has 0 bridgehead atoms. The van der Waals surface area contributed by atoms with Gasteiger partial charge >= 0.3 is 0 Å². The van der Waals surface area contributed by atoms with Crippen molar-refractivity contribution in [3.63, 3.8) is 0 Å². The van der Waals surface area contributed by atoms with Crippen molar-refractivity contribution in [2.45, 2.75) is 32.2 Å². The smallest absolute Gasteiger partial charge is 0.119 e. The summed E-state index contributed by atoms with van der Waals surface area (Å²) in [7, 11) is 0. The molecule has 3 aromatic carbocycles. The van der Waals surface area contributed by atoms with E-state index in [9.17, 15) is 0 Å². The number of rotatable bonds is 8. The van der Waals surface area contributed by atoms with Crippen LogP contribution in [0.15, 0.2) is 78.2 Å². The quantitative estimate of drug-likeness (QED) is 0.330. The van der Waals surface area contributed by atoms with Crippen LogP contribution in [0.5, 0.6) is 5.75 Å². The molecule has 1 unspecified atom stereocenters. The largest absolute Gasteiger partial charge is 0.494 e. The third-order valence-electron chi connectivity index (χ3n) is 5.84. The Morgan fingerprint density at radius 1 is 1.03 bits per heavy atom. The maximum atomic E-state index is 5.96.